The average molecular weight is 300 g/mol. The molecule has 0 spiro atoms. The Kier molecular flexibility index (Phi) is 5.60. The van der Waals surface area contributed by atoms with Crippen LogP contribution in [0.2, 0.25) is 12.1 Å². The van der Waals surface area contributed by atoms with Crippen LogP contribution in [0.4, 0.5) is 0 Å². The highest BCUT2D eigenvalue weighted by atomic mass is 28.2. The number of ether oxygens (including phenoxy) is 3. The summed E-state index contributed by atoms with van der Waals surface area (Å²) in [6.07, 6.45) is 5.42. The number of carbonyl (C=O) groups excluding carboxylic acids is 2. The zero-order chi connectivity index (χ0) is 14.5. The van der Waals surface area contributed by atoms with E-state index in [9.17, 15) is 9.59 Å². The first-order valence-electron chi connectivity index (χ1n) is 7.54. The fourth-order valence-corrected chi connectivity index (χ4v) is 4.73. The highest BCUT2D eigenvalue weighted by Gasteiger charge is 2.43. The predicted molar refractivity (Wildman–Crippen MR) is 76.1 cm³/mol. The Bertz CT molecular complexity index is 343. The molecule has 1 heterocycles. The van der Waals surface area contributed by atoms with Gasteiger partial charge in [-0.15, -0.1) is 0 Å². The van der Waals surface area contributed by atoms with E-state index in [-0.39, 0.29) is 9.52 Å². The van der Waals surface area contributed by atoms with Crippen molar-refractivity contribution in [2.75, 3.05) is 0 Å². The Morgan fingerprint density at radius 2 is 1.90 bits per heavy atom. The number of rotatable bonds is 7. The fraction of sp³-hybridized carbons (Fsp3) is 0.857. The normalized spacial score (nSPS) is 28.4. The predicted octanol–water partition coefficient (Wildman–Crippen LogP) is 1.40. The molecule has 0 amide bonds. The molecule has 1 saturated carbocycles. The standard InChI is InChI=1S/C14H24O5Si/c1-9(15)17-14(18-10(2)16)8-20-6-5-11-3-4-12-13(7-11)19-12/h11-14H,3-8,20H2,1-2H3. The SMILES string of the molecule is CC(=O)OC(C[SiH2]CCC1CCC2OC2C1)OC(C)=O. The number of fused-ring (bicyclic) bond motifs is 1. The average Bonchev–Trinajstić information content (AvgIpc) is 3.11. The summed E-state index contributed by atoms with van der Waals surface area (Å²) < 4.78 is 15.6. The smallest absolute Gasteiger partial charge is 0.305 e. The van der Waals surface area contributed by atoms with Gasteiger partial charge in [-0.2, -0.15) is 0 Å². The molecule has 6 heteroatoms. The minimum Gasteiger partial charge on any atom is -0.426 e. The molecule has 2 fully saturated rings. The summed E-state index contributed by atoms with van der Waals surface area (Å²) in [6.45, 7) is 2.68. The third kappa shape index (κ3) is 5.24. The van der Waals surface area contributed by atoms with Crippen LogP contribution >= 0.6 is 0 Å². The summed E-state index contributed by atoms with van der Waals surface area (Å²) in [4.78, 5) is 21.9. The van der Waals surface area contributed by atoms with Gasteiger partial charge in [0.25, 0.3) is 0 Å². The van der Waals surface area contributed by atoms with Gasteiger partial charge in [-0.25, -0.2) is 0 Å². The van der Waals surface area contributed by atoms with Gasteiger partial charge in [0.1, 0.15) is 0 Å². The topological polar surface area (TPSA) is 65.1 Å². The minimum atomic E-state index is -0.667. The van der Waals surface area contributed by atoms with Gasteiger partial charge in [-0.1, -0.05) is 12.5 Å². The highest BCUT2D eigenvalue weighted by Crippen LogP contribution is 2.40. The van der Waals surface area contributed by atoms with Crippen molar-refractivity contribution >= 4 is 21.5 Å². The van der Waals surface area contributed by atoms with Crippen LogP contribution in [0.5, 0.6) is 0 Å². The lowest BCUT2D eigenvalue weighted by molar-refractivity contribution is -0.181. The molecule has 3 atom stereocenters. The van der Waals surface area contributed by atoms with Crippen molar-refractivity contribution in [2.24, 2.45) is 5.92 Å². The Balaban J connectivity index is 1.59. The Morgan fingerprint density at radius 3 is 2.50 bits per heavy atom. The number of epoxide rings is 1. The molecule has 20 heavy (non-hydrogen) atoms. The molecule has 0 N–H and O–H groups in total. The van der Waals surface area contributed by atoms with E-state index in [2.05, 4.69) is 0 Å². The van der Waals surface area contributed by atoms with Crippen molar-refractivity contribution in [3.8, 4) is 0 Å². The van der Waals surface area contributed by atoms with Crippen LogP contribution < -0.4 is 0 Å². The molecule has 1 saturated heterocycles. The lowest BCUT2D eigenvalue weighted by Crippen LogP contribution is -2.24. The van der Waals surface area contributed by atoms with Gasteiger partial charge in [0.05, 0.1) is 12.2 Å². The van der Waals surface area contributed by atoms with E-state index in [0.717, 1.165) is 5.92 Å². The molecule has 0 aromatic rings. The summed E-state index contributed by atoms with van der Waals surface area (Å²) in [7, 11) is -0.366. The van der Waals surface area contributed by atoms with E-state index in [4.69, 9.17) is 14.2 Å². The van der Waals surface area contributed by atoms with Crippen LogP contribution in [-0.4, -0.2) is 40.0 Å². The number of hydrogen-bond acceptors (Lipinski definition) is 5. The third-order valence-corrected chi connectivity index (χ3v) is 5.80. The second kappa shape index (κ2) is 7.22. The minimum absolute atomic E-state index is 0.366. The second-order valence-electron chi connectivity index (χ2n) is 5.82. The zero-order valence-electron chi connectivity index (χ0n) is 12.3. The highest BCUT2D eigenvalue weighted by molar-refractivity contribution is 6.35. The van der Waals surface area contributed by atoms with Gasteiger partial charge in [0.2, 0.25) is 6.29 Å². The Morgan fingerprint density at radius 1 is 1.20 bits per heavy atom. The van der Waals surface area contributed by atoms with Gasteiger partial charge in [0, 0.05) is 29.4 Å². The molecular weight excluding hydrogens is 276 g/mol. The van der Waals surface area contributed by atoms with E-state index >= 15 is 0 Å². The van der Waals surface area contributed by atoms with Gasteiger partial charge in [0.15, 0.2) is 0 Å². The largest absolute Gasteiger partial charge is 0.426 e. The third-order valence-electron chi connectivity index (χ3n) is 4.01. The lowest BCUT2D eigenvalue weighted by atomic mass is 9.88. The number of carbonyl (C=O) groups is 2. The molecule has 0 aromatic carbocycles. The lowest BCUT2D eigenvalue weighted by Gasteiger charge is -2.19. The van der Waals surface area contributed by atoms with Crippen molar-refractivity contribution in [3.63, 3.8) is 0 Å². The monoisotopic (exact) mass is 300 g/mol. The second-order valence-corrected chi connectivity index (χ2v) is 7.82. The van der Waals surface area contributed by atoms with E-state index in [1.54, 1.807) is 0 Å². The molecule has 5 nitrogen and oxygen atoms in total. The molecule has 0 aromatic heterocycles. The summed E-state index contributed by atoms with van der Waals surface area (Å²) in [6, 6.07) is 1.93. The van der Waals surface area contributed by atoms with E-state index in [1.807, 2.05) is 0 Å². The maximum Gasteiger partial charge on any atom is 0.305 e. The van der Waals surface area contributed by atoms with Crippen molar-refractivity contribution in [1.82, 2.24) is 0 Å². The van der Waals surface area contributed by atoms with Crippen molar-refractivity contribution in [3.05, 3.63) is 0 Å². The molecule has 1 aliphatic heterocycles. The summed E-state index contributed by atoms with van der Waals surface area (Å²) in [5, 5.41) is 0. The van der Waals surface area contributed by atoms with E-state index < -0.39 is 18.2 Å². The van der Waals surface area contributed by atoms with Gasteiger partial charge in [-0.05, 0) is 25.2 Å². The maximum atomic E-state index is 10.9. The van der Waals surface area contributed by atoms with Crippen LogP contribution in [0, 0.1) is 5.92 Å². The first kappa shape index (κ1) is 15.5. The van der Waals surface area contributed by atoms with Crippen LogP contribution in [0.25, 0.3) is 0 Å². The van der Waals surface area contributed by atoms with E-state index in [1.165, 1.54) is 45.6 Å². The van der Waals surface area contributed by atoms with Crippen molar-refractivity contribution in [1.29, 1.82) is 0 Å². The summed E-state index contributed by atoms with van der Waals surface area (Å²) >= 11 is 0. The summed E-state index contributed by atoms with van der Waals surface area (Å²) in [5.74, 6) is 0.0102. The fourth-order valence-electron chi connectivity index (χ4n) is 3.01. The first-order chi connectivity index (χ1) is 9.54. The Hall–Kier alpha value is -0.883. The molecule has 1 aliphatic carbocycles. The van der Waals surface area contributed by atoms with Crippen molar-refractivity contribution < 1.29 is 23.8 Å². The van der Waals surface area contributed by atoms with Crippen LogP contribution in [0.15, 0.2) is 0 Å². The van der Waals surface area contributed by atoms with E-state index in [0.29, 0.717) is 18.3 Å². The molecular formula is C14H24O5Si. The maximum absolute atomic E-state index is 10.9. The molecule has 2 aliphatic rings. The summed E-state index contributed by atoms with van der Waals surface area (Å²) in [5.41, 5.74) is 0. The number of hydrogen-bond donors (Lipinski definition) is 0. The van der Waals surface area contributed by atoms with Gasteiger partial charge >= 0.3 is 11.9 Å². The molecule has 0 radical (unpaired) electrons. The quantitative estimate of drug-likeness (QED) is 0.234. The molecule has 3 unspecified atom stereocenters. The van der Waals surface area contributed by atoms with Crippen molar-refractivity contribution in [2.45, 2.75) is 70.1 Å². The molecule has 114 valence electrons. The molecule has 2 rings (SSSR count). The zero-order valence-corrected chi connectivity index (χ0v) is 13.7. The van der Waals surface area contributed by atoms with Gasteiger partial charge in [-0.3, -0.25) is 9.59 Å². The Labute approximate surface area is 122 Å². The van der Waals surface area contributed by atoms with Crippen LogP contribution in [-0.2, 0) is 23.8 Å². The first-order valence-corrected chi connectivity index (χ1v) is 9.54. The van der Waals surface area contributed by atoms with Crippen LogP contribution in [0.3, 0.4) is 0 Å². The van der Waals surface area contributed by atoms with Gasteiger partial charge < -0.3 is 14.2 Å². The van der Waals surface area contributed by atoms with Crippen LogP contribution in [0.1, 0.15) is 39.5 Å². The molecule has 0 bridgehead atoms. The number of esters is 2.